The van der Waals surface area contributed by atoms with E-state index in [4.69, 9.17) is 0 Å². The van der Waals surface area contributed by atoms with Crippen LogP contribution in [-0.4, -0.2) is 28.9 Å². The van der Waals surface area contributed by atoms with Crippen molar-refractivity contribution >= 4 is 33.6 Å². The number of thioether (sulfide) groups is 1. The van der Waals surface area contributed by atoms with Gasteiger partial charge in [0.15, 0.2) is 0 Å². The van der Waals surface area contributed by atoms with Crippen molar-refractivity contribution in [3.63, 3.8) is 0 Å². The average Bonchev–Trinajstić information content (AvgIpc) is 2.40. The van der Waals surface area contributed by atoms with Gasteiger partial charge in [-0.05, 0) is 43.5 Å². The lowest BCUT2D eigenvalue weighted by Gasteiger charge is -2.28. The van der Waals surface area contributed by atoms with Crippen molar-refractivity contribution in [2.24, 2.45) is 0 Å². The smallest absolute Gasteiger partial charge is 0.230 e. The van der Waals surface area contributed by atoms with Crippen LogP contribution in [0.5, 0.6) is 0 Å². The molecule has 0 radical (unpaired) electrons. The van der Waals surface area contributed by atoms with Crippen molar-refractivity contribution < 1.29 is 9.90 Å². The van der Waals surface area contributed by atoms with Crippen LogP contribution in [-0.2, 0) is 4.79 Å². The van der Waals surface area contributed by atoms with Crippen LogP contribution in [0.15, 0.2) is 27.6 Å². The molecule has 20 heavy (non-hydrogen) atoms. The van der Waals surface area contributed by atoms with Crippen LogP contribution >= 0.6 is 27.7 Å². The SMILES string of the molecule is Cc1cc(Br)ccc1SCC(=O)N[C@@H]1CCCC[C@H]1O. The lowest BCUT2D eigenvalue weighted by Crippen LogP contribution is -2.45. The van der Waals surface area contributed by atoms with E-state index in [9.17, 15) is 9.90 Å². The number of benzene rings is 1. The largest absolute Gasteiger partial charge is 0.391 e. The predicted octanol–water partition coefficient (Wildman–Crippen LogP) is 3.27. The monoisotopic (exact) mass is 357 g/mol. The highest BCUT2D eigenvalue weighted by Crippen LogP contribution is 2.25. The van der Waals surface area contributed by atoms with E-state index < -0.39 is 0 Å². The number of halogens is 1. The molecule has 0 aliphatic heterocycles. The summed E-state index contributed by atoms with van der Waals surface area (Å²) in [6, 6.07) is 5.98. The number of aliphatic hydroxyl groups is 1. The number of carbonyl (C=O) groups excluding carboxylic acids is 1. The number of aliphatic hydroxyl groups excluding tert-OH is 1. The number of amides is 1. The number of hydrogen-bond acceptors (Lipinski definition) is 3. The first-order chi connectivity index (χ1) is 9.56. The van der Waals surface area contributed by atoms with E-state index in [1.54, 1.807) is 0 Å². The van der Waals surface area contributed by atoms with Gasteiger partial charge in [-0.3, -0.25) is 4.79 Å². The van der Waals surface area contributed by atoms with E-state index in [1.807, 2.05) is 25.1 Å². The van der Waals surface area contributed by atoms with Gasteiger partial charge in [-0.2, -0.15) is 0 Å². The van der Waals surface area contributed by atoms with Crippen LogP contribution < -0.4 is 5.32 Å². The summed E-state index contributed by atoms with van der Waals surface area (Å²) in [5, 5.41) is 12.8. The molecule has 1 aliphatic rings. The van der Waals surface area contributed by atoms with E-state index in [2.05, 4.69) is 21.2 Å². The molecule has 0 heterocycles. The lowest BCUT2D eigenvalue weighted by molar-refractivity contribution is -0.120. The molecular formula is C15H20BrNO2S. The Labute approximate surface area is 132 Å². The molecule has 5 heteroatoms. The minimum atomic E-state index is -0.382. The molecule has 1 amide bonds. The fraction of sp³-hybridized carbons (Fsp3) is 0.533. The lowest BCUT2D eigenvalue weighted by atomic mass is 9.93. The maximum absolute atomic E-state index is 12.0. The van der Waals surface area contributed by atoms with Crippen LogP contribution in [0.3, 0.4) is 0 Å². The second kappa shape index (κ2) is 7.48. The molecule has 1 saturated carbocycles. The fourth-order valence-corrected chi connectivity index (χ4v) is 3.74. The molecule has 2 N–H and O–H groups in total. The summed E-state index contributed by atoms with van der Waals surface area (Å²) in [6.45, 7) is 2.04. The standard InChI is InChI=1S/C15H20BrNO2S/c1-10-8-11(16)6-7-14(10)20-9-15(19)17-12-4-2-3-5-13(12)18/h6-8,12-13,18H,2-5,9H2,1H3,(H,17,19)/t12-,13-/m1/s1. The summed E-state index contributed by atoms with van der Waals surface area (Å²) in [5.74, 6) is 0.398. The quantitative estimate of drug-likeness (QED) is 0.813. The highest BCUT2D eigenvalue weighted by Gasteiger charge is 2.24. The predicted molar refractivity (Wildman–Crippen MR) is 86.0 cm³/mol. The molecule has 0 spiro atoms. The normalized spacial score (nSPS) is 22.6. The molecule has 0 unspecified atom stereocenters. The van der Waals surface area contributed by atoms with E-state index in [-0.39, 0.29) is 18.1 Å². The van der Waals surface area contributed by atoms with Crippen LogP contribution in [0.25, 0.3) is 0 Å². The van der Waals surface area contributed by atoms with Gasteiger partial charge in [-0.25, -0.2) is 0 Å². The van der Waals surface area contributed by atoms with Crippen molar-refractivity contribution in [2.75, 3.05) is 5.75 Å². The zero-order chi connectivity index (χ0) is 14.5. The molecule has 2 atom stereocenters. The number of aryl methyl sites for hydroxylation is 1. The Morgan fingerprint density at radius 2 is 2.20 bits per heavy atom. The van der Waals surface area contributed by atoms with E-state index in [0.29, 0.717) is 5.75 Å². The minimum Gasteiger partial charge on any atom is -0.391 e. The van der Waals surface area contributed by atoms with Crippen molar-refractivity contribution in [1.29, 1.82) is 0 Å². The molecule has 1 fully saturated rings. The third kappa shape index (κ3) is 4.50. The van der Waals surface area contributed by atoms with Gasteiger partial charge >= 0.3 is 0 Å². The summed E-state index contributed by atoms with van der Waals surface area (Å²) in [5.41, 5.74) is 1.16. The highest BCUT2D eigenvalue weighted by atomic mass is 79.9. The maximum atomic E-state index is 12.0. The summed E-state index contributed by atoms with van der Waals surface area (Å²) in [6.07, 6.45) is 3.44. The molecule has 0 aromatic heterocycles. The summed E-state index contributed by atoms with van der Waals surface area (Å²) in [7, 11) is 0. The van der Waals surface area contributed by atoms with Gasteiger partial charge in [0.25, 0.3) is 0 Å². The van der Waals surface area contributed by atoms with Crippen LogP contribution in [0.2, 0.25) is 0 Å². The number of hydrogen-bond donors (Lipinski definition) is 2. The molecule has 1 aromatic rings. The van der Waals surface area contributed by atoms with Gasteiger partial charge in [-0.1, -0.05) is 28.8 Å². The van der Waals surface area contributed by atoms with Gasteiger partial charge in [0.2, 0.25) is 5.91 Å². The average molecular weight is 358 g/mol. The van der Waals surface area contributed by atoms with Crippen LogP contribution in [0, 0.1) is 6.92 Å². The van der Waals surface area contributed by atoms with E-state index in [1.165, 1.54) is 11.8 Å². The Morgan fingerprint density at radius 3 is 2.90 bits per heavy atom. The maximum Gasteiger partial charge on any atom is 0.230 e. The first kappa shape index (κ1) is 15.9. The zero-order valence-electron chi connectivity index (χ0n) is 11.6. The van der Waals surface area contributed by atoms with Crippen molar-refractivity contribution in [3.8, 4) is 0 Å². The summed E-state index contributed by atoms with van der Waals surface area (Å²) < 4.78 is 1.05. The molecule has 2 rings (SSSR count). The first-order valence-electron chi connectivity index (χ1n) is 6.92. The van der Waals surface area contributed by atoms with Crippen LogP contribution in [0.1, 0.15) is 31.2 Å². The Kier molecular flexibility index (Phi) is 5.93. The molecule has 1 aromatic carbocycles. The highest BCUT2D eigenvalue weighted by molar-refractivity contribution is 9.10. The Hall–Kier alpha value is -0.520. The third-order valence-corrected chi connectivity index (χ3v) is 5.24. The second-order valence-electron chi connectivity index (χ2n) is 5.22. The minimum absolute atomic E-state index is 0.00303. The number of carbonyl (C=O) groups is 1. The molecule has 3 nitrogen and oxygen atoms in total. The van der Waals surface area contributed by atoms with Gasteiger partial charge < -0.3 is 10.4 Å². The van der Waals surface area contributed by atoms with Gasteiger partial charge in [0, 0.05) is 9.37 Å². The second-order valence-corrected chi connectivity index (χ2v) is 7.16. The molecule has 1 aliphatic carbocycles. The van der Waals surface area contributed by atoms with Crippen molar-refractivity contribution in [3.05, 3.63) is 28.2 Å². The number of nitrogens with one attached hydrogen (secondary N) is 1. The molecule has 110 valence electrons. The number of rotatable bonds is 4. The summed E-state index contributed by atoms with van der Waals surface area (Å²) >= 11 is 4.97. The topological polar surface area (TPSA) is 49.3 Å². The molecule has 0 saturated heterocycles. The van der Waals surface area contributed by atoms with Gasteiger partial charge in [0.05, 0.1) is 17.9 Å². The Balaban J connectivity index is 1.82. The third-order valence-electron chi connectivity index (χ3n) is 3.57. The Bertz CT molecular complexity index is 481. The summed E-state index contributed by atoms with van der Waals surface area (Å²) in [4.78, 5) is 13.1. The van der Waals surface area contributed by atoms with Crippen molar-refractivity contribution in [1.82, 2.24) is 5.32 Å². The van der Waals surface area contributed by atoms with E-state index >= 15 is 0 Å². The van der Waals surface area contributed by atoms with Gasteiger partial charge in [0.1, 0.15) is 0 Å². The first-order valence-corrected chi connectivity index (χ1v) is 8.70. The van der Waals surface area contributed by atoms with E-state index in [0.717, 1.165) is 40.6 Å². The van der Waals surface area contributed by atoms with Crippen LogP contribution in [0.4, 0.5) is 0 Å². The zero-order valence-corrected chi connectivity index (χ0v) is 14.0. The van der Waals surface area contributed by atoms with Crippen molar-refractivity contribution in [2.45, 2.75) is 49.6 Å². The fourth-order valence-electron chi connectivity index (χ4n) is 2.45. The van der Waals surface area contributed by atoms with Gasteiger partial charge in [-0.15, -0.1) is 11.8 Å². The molecule has 0 bridgehead atoms. The Morgan fingerprint density at radius 1 is 1.45 bits per heavy atom. The molecular weight excluding hydrogens is 338 g/mol.